The normalized spacial score (nSPS) is 12.7. The quantitative estimate of drug-likeness (QED) is 0.846. The molecule has 0 aliphatic heterocycles. The van der Waals surface area contributed by atoms with Crippen LogP contribution < -0.4 is 5.73 Å². The van der Waals surface area contributed by atoms with Gasteiger partial charge in [0, 0.05) is 10.4 Å². The van der Waals surface area contributed by atoms with E-state index in [9.17, 15) is 5.11 Å². The summed E-state index contributed by atoms with van der Waals surface area (Å²) in [6.45, 7) is 0. The lowest BCUT2D eigenvalue weighted by Gasteiger charge is -2.12. The number of hydrogen-bond acceptors (Lipinski definition) is 3. The van der Waals surface area contributed by atoms with E-state index in [1.165, 1.54) is 0 Å². The molecule has 0 spiro atoms. The molecule has 2 rings (SSSR count). The van der Waals surface area contributed by atoms with Gasteiger partial charge < -0.3 is 10.8 Å². The highest BCUT2D eigenvalue weighted by atomic mass is 35.5. The highest BCUT2D eigenvalue weighted by molar-refractivity contribution is 7.10. The third-order valence-corrected chi connectivity index (χ3v) is 3.46. The van der Waals surface area contributed by atoms with Crippen LogP contribution in [0.4, 0.5) is 0 Å². The van der Waals surface area contributed by atoms with Gasteiger partial charge in [0.05, 0.1) is 11.1 Å². The molecule has 0 fully saturated rings. The fraction of sp³-hybridized carbons (Fsp3) is 0.0909. The van der Waals surface area contributed by atoms with Gasteiger partial charge in [-0.25, -0.2) is 0 Å². The topological polar surface area (TPSA) is 46.2 Å². The molecule has 0 unspecified atom stereocenters. The standard InChI is InChI=1S/C11H10ClNOS/c12-8-4-1-3-7(11(8)14)10(13)9-5-2-6-15-9/h1-6,10,14H,13H2/t10-/m0/s1. The van der Waals surface area contributed by atoms with Crippen molar-refractivity contribution in [3.8, 4) is 5.75 Å². The van der Waals surface area contributed by atoms with Crippen molar-refractivity contribution in [3.05, 3.63) is 51.2 Å². The van der Waals surface area contributed by atoms with Gasteiger partial charge in [0.1, 0.15) is 5.75 Å². The van der Waals surface area contributed by atoms with Gasteiger partial charge in [0.2, 0.25) is 0 Å². The van der Waals surface area contributed by atoms with Gasteiger partial charge in [0.25, 0.3) is 0 Å². The molecule has 0 bridgehead atoms. The molecular weight excluding hydrogens is 230 g/mol. The van der Waals surface area contributed by atoms with Crippen LogP contribution in [0.5, 0.6) is 5.75 Å². The first-order valence-corrected chi connectivity index (χ1v) is 5.72. The first-order valence-electron chi connectivity index (χ1n) is 4.46. The number of benzene rings is 1. The van der Waals surface area contributed by atoms with E-state index in [0.717, 1.165) is 4.88 Å². The summed E-state index contributed by atoms with van der Waals surface area (Å²) in [5, 5.41) is 12.0. The number of phenolic OH excluding ortho intramolecular Hbond substituents is 1. The molecule has 4 heteroatoms. The minimum absolute atomic E-state index is 0.0695. The van der Waals surface area contributed by atoms with E-state index in [4.69, 9.17) is 17.3 Å². The van der Waals surface area contributed by atoms with Crippen molar-refractivity contribution in [2.24, 2.45) is 5.73 Å². The Morgan fingerprint density at radius 2 is 2.07 bits per heavy atom. The molecule has 3 N–H and O–H groups in total. The first kappa shape index (κ1) is 10.5. The number of rotatable bonds is 2. The van der Waals surface area contributed by atoms with Crippen molar-refractivity contribution in [2.75, 3.05) is 0 Å². The first-order chi connectivity index (χ1) is 7.20. The second-order valence-corrected chi connectivity index (χ2v) is 4.56. The van der Waals surface area contributed by atoms with Crippen molar-refractivity contribution in [2.45, 2.75) is 6.04 Å². The van der Waals surface area contributed by atoms with E-state index in [1.54, 1.807) is 29.5 Å². The maximum Gasteiger partial charge on any atom is 0.139 e. The number of aromatic hydroxyl groups is 1. The molecule has 0 aliphatic rings. The molecule has 0 aliphatic carbocycles. The third kappa shape index (κ3) is 2.00. The fourth-order valence-electron chi connectivity index (χ4n) is 1.40. The lowest BCUT2D eigenvalue weighted by molar-refractivity contribution is 0.466. The van der Waals surface area contributed by atoms with Gasteiger partial charge in [-0.15, -0.1) is 11.3 Å². The van der Waals surface area contributed by atoms with Gasteiger partial charge in [-0.3, -0.25) is 0 Å². The van der Waals surface area contributed by atoms with E-state index in [-0.39, 0.29) is 11.8 Å². The summed E-state index contributed by atoms with van der Waals surface area (Å²) in [5.74, 6) is 0.0695. The summed E-state index contributed by atoms with van der Waals surface area (Å²) in [6, 6.07) is 8.76. The highest BCUT2D eigenvalue weighted by Gasteiger charge is 2.15. The minimum atomic E-state index is -0.316. The Bertz CT molecular complexity index is 456. The average molecular weight is 240 g/mol. The predicted octanol–water partition coefficient (Wildman–Crippen LogP) is 3.16. The molecule has 1 atom stereocenters. The minimum Gasteiger partial charge on any atom is -0.506 e. The molecule has 0 amide bonds. The lowest BCUT2D eigenvalue weighted by Crippen LogP contribution is -2.10. The monoisotopic (exact) mass is 239 g/mol. The second kappa shape index (κ2) is 4.23. The molecule has 0 radical (unpaired) electrons. The van der Waals surface area contributed by atoms with Crippen LogP contribution in [0, 0.1) is 0 Å². The Morgan fingerprint density at radius 1 is 1.27 bits per heavy atom. The Balaban J connectivity index is 2.42. The van der Waals surface area contributed by atoms with Crippen molar-refractivity contribution in [1.29, 1.82) is 0 Å². The van der Waals surface area contributed by atoms with Crippen LogP contribution in [-0.4, -0.2) is 5.11 Å². The average Bonchev–Trinajstić information content (AvgIpc) is 2.74. The Labute approximate surface area is 96.9 Å². The van der Waals surface area contributed by atoms with Crippen LogP contribution in [-0.2, 0) is 0 Å². The number of hydrogen-bond donors (Lipinski definition) is 2. The number of thiophene rings is 1. The lowest BCUT2D eigenvalue weighted by atomic mass is 10.1. The number of para-hydroxylation sites is 1. The van der Waals surface area contributed by atoms with E-state index < -0.39 is 0 Å². The number of phenols is 1. The molecule has 0 saturated carbocycles. The summed E-state index contributed by atoms with van der Waals surface area (Å²) in [6.07, 6.45) is 0. The molecule has 1 aromatic heterocycles. The second-order valence-electron chi connectivity index (χ2n) is 3.17. The molecule has 15 heavy (non-hydrogen) atoms. The van der Waals surface area contributed by atoms with Crippen molar-refractivity contribution in [1.82, 2.24) is 0 Å². The molecular formula is C11H10ClNOS. The molecule has 1 aromatic carbocycles. The molecule has 2 aromatic rings. The van der Waals surface area contributed by atoms with E-state index in [0.29, 0.717) is 10.6 Å². The fourth-order valence-corrected chi connectivity index (χ4v) is 2.33. The van der Waals surface area contributed by atoms with E-state index in [2.05, 4.69) is 0 Å². The number of halogens is 1. The Morgan fingerprint density at radius 3 is 2.73 bits per heavy atom. The third-order valence-electron chi connectivity index (χ3n) is 2.20. The highest BCUT2D eigenvalue weighted by Crippen LogP contribution is 2.34. The summed E-state index contributed by atoms with van der Waals surface area (Å²) in [7, 11) is 0. The molecule has 78 valence electrons. The van der Waals surface area contributed by atoms with Crippen LogP contribution in [0.1, 0.15) is 16.5 Å². The van der Waals surface area contributed by atoms with Gasteiger partial charge in [0.15, 0.2) is 0 Å². The summed E-state index contributed by atoms with van der Waals surface area (Å²) < 4.78 is 0. The zero-order valence-electron chi connectivity index (χ0n) is 7.85. The van der Waals surface area contributed by atoms with Crippen LogP contribution in [0.15, 0.2) is 35.7 Å². The van der Waals surface area contributed by atoms with Gasteiger partial charge in [-0.2, -0.15) is 0 Å². The van der Waals surface area contributed by atoms with Crippen LogP contribution in [0.25, 0.3) is 0 Å². The van der Waals surface area contributed by atoms with Crippen LogP contribution in [0.3, 0.4) is 0 Å². The summed E-state index contributed by atoms with van der Waals surface area (Å²) in [5.41, 5.74) is 6.68. The van der Waals surface area contributed by atoms with Crippen LogP contribution in [0.2, 0.25) is 5.02 Å². The van der Waals surface area contributed by atoms with Crippen molar-refractivity contribution >= 4 is 22.9 Å². The van der Waals surface area contributed by atoms with Gasteiger partial charge in [-0.1, -0.05) is 29.8 Å². The van der Waals surface area contributed by atoms with Crippen molar-refractivity contribution in [3.63, 3.8) is 0 Å². The predicted molar refractivity (Wildman–Crippen MR) is 63.5 cm³/mol. The van der Waals surface area contributed by atoms with Crippen LogP contribution >= 0.6 is 22.9 Å². The molecule has 1 heterocycles. The maximum absolute atomic E-state index is 9.76. The Hall–Kier alpha value is -1.03. The zero-order valence-corrected chi connectivity index (χ0v) is 9.42. The molecule has 2 nitrogen and oxygen atoms in total. The number of nitrogens with two attached hydrogens (primary N) is 1. The summed E-state index contributed by atoms with van der Waals surface area (Å²) >= 11 is 7.38. The van der Waals surface area contributed by atoms with Gasteiger partial charge >= 0.3 is 0 Å². The van der Waals surface area contributed by atoms with E-state index >= 15 is 0 Å². The smallest absolute Gasteiger partial charge is 0.139 e. The summed E-state index contributed by atoms with van der Waals surface area (Å²) in [4.78, 5) is 1.01. The van der Waals surface area contributed by atoms with Crippen molar-refractivity contribution < 1.29 is 5.11 Å². The SMILES string of the molecule is N[C@H](c1cccs1)c1cccc(Cl)c1O. The largest absolute Gasteiger partial charge is 0.506 e. The van der Waals surface area contributed by atoms with Gasteiger partial charge in [-0.05, 0) is 17.5 Å². The van der Waals surface area contributed by atoms with E-state index in [1.807, 2.05) is 17.5 Å². The molecule has 0 saturated heterocycles. The Kier molecular flexibility index (Phi) is 2.95. The maximum atomic E-state index is 9.76. The zero-order chi connectivity index (χ0) is 10.8.